The molecule has 7 rings (SSSR count). The second kappa shape index (κ2) is 15.8. The molecular weight excluding hydrogens is 610 g/mol. The third-order valence-corrected chi connectivity index (χ3v) is 10.3. The van der Waals surface area contributed by atoms with E-state index in [9.17, 15) is 9.59 Å². The van der Waals surface area contributed by atoms with Crippen molar-refractivity contribution < 1.29 is 14.3 Å². The normalized spacial score (nSPS) is 19.9. The Balaban J connectivity index is 0.792. The molecule has 3 aliphatic rings. The van der Waals surface area contributed by atoms with E-state index < -0.39 is 6.09 Å². The molecule has 4 aromatic carbocycles. The first kappa shape index (κ1) is 33.0. The van der Waals surface area contributed by atoms with Crippen molar-refractivity contribution in [1.82, 2.24) is 20.0 Å². The minimum atomic E-state index is -0.427. The number of fused-ring (bicyclic) bond motifs is 2. The summed E-state index contributed by atoms with van der Waals surface area (Å²) in [6.07, 6.45) is 2.66. The number of ether oxygens (including phenoxy) is 1. The molecule has 0 radical (unpaired) electrons. The van der Waals surface area contributed by atoms with Crippen LogP contribution in [0.15, 0.2) is 109 Å². The topological polar surface area (TPSA) is 77.1 Å². The van der Waals surface area contributed by atoms with Gasteiger partial charge < -0.3 is 15.0 Å². The Kier molecular flexibility index (Phi) is 10.7. The maximum atomic E-state index is 12.8. The minimum absolute atomic E-state index is 0.0654. The summed E-state index contributed by atoms with van der Waals surface area (Å²) in [6.45, 7) is 7.12. The van der Waals surface area contributed by atoms with Crippen molar-refractivity contribution in [2.75, 3.05) is 38.0 Å². The van der Waals surface area contributed by atoms with Gasteiger partial charge in [0, 0.05) is 76.4 Å². The number of likely N-dealkylation sites (tertiary alicyclic amines) is 3. The molecule has 4 aromatic rings. The van der Waals surface area contributed by atoms with Gasteiger partial charge in [-0.3, -0.25) is 19.9 Å². The van der Waals surface area contributed by atoms with Crippen LogP contribution >= 0.6 is 0 Å². The average Bonchev–Trinajstić information content (AvgIpc) is 3.72. The minimum Gasteiger partial charge on any atom is -0.446 e. The lowest BCUT2D eigenvalue weighted by Crippen LogP contribution is -2.45. The van der Waals surface area contributed by atoms with E-state index in [0.717, 1.165) is 74.5 Å². The predicted octanol–water partition coefficient (Wildman–Crippen LogP) is 6.53. The third kappa shape index (κ3) is 8.76. The smallest absolute Gasteiger partial charge is 0.411 e. The number of nitrogens with one attached hydrogen (secondary N) is 2. The molecule has 3 aliphatic heterocycles. The van der Waals surface area contributed by atoms with Crippen molar-refractivity contribution in [1.29, 1.82) is 0 Å². The molecule has 254 valence electrons. The molecule has 3 fully saturated rings. The zero-order valence-electron chi connectivity index (χ0n) is 28.2. The van der Waals surface area contributed by atoms with Gasteiger partial charge in [0.2, 0.25) is 5.91 Å². The number of nitrogens with zero attached hydrogens (tertiary/aromatic N) is 3. The van der Waals surface area contributed by atoms with Gasteiger partial charge in [-0.15, -0.1) is 0 Å². The maximum Gasteiger partial charge on any atom is 0.411 e. The Morgan fingerprint density at radius 3 is 2.08 bits per heavy atom. The third-order valence-electron chi connectivity index (χ3n) is 10.3. The van der Waals surface area contributed by atoms with E-state index >= 15 is 0 Å². The highest BCUT2D eigenvalue weighted by atomic mass is 16.6. The molecule has 2 N–H and O–H groups in total. The fraction of sp³-hybridized carbons (Fsp3) is 0.366. The largest absolute Gasteiger partial charge is 0.446 e. The number of carbonyl (C=O) groups is 2. The van der Waals surface area contributed by atoms with Gasteiger partial charge in [0.25, 0.3) is 0 Å². The summed E-state index contributed by atoms with van der Waals surface area (Å²) >= 11 is 0. The quantitative estimate of drug-likeness (QED) is 0.181. The van der Waals surface area contributed by atoms with Crippen LogP contribution in [0.25, 0.3) is 11.1 Å². The number of anilines is 1. The lowest BCUT2D eigenvalue weighted by molar-refractivity contribution is -0.121. The molecular formula is C41H47N5O3. The van der Waals surface area contributed by atoms with Crippen molar-refractivity contribution in [3.8, 4) is 11.1 Å². The van der Waals surface area contributed by atoms with Crippen LogP contribution in [-0.2, 0) is 29.2 Å². The van der Waals surface area contributed by atoms with Crippen LogP contribution in [-0.4, -0.2) is 77.6 Å². The molecule has 8 nitrogen and oxygen atoms in total. The number of benzene rings is 4. The summed E-state index contributed by atoms with van der Waals surface area (Å²) in [7, 11) is 0. The van der Waals surface area contributed by atoms with Gasteiger partial charge in [-0.25, -0.2) is 4.79 Å². The van der Waals surface area contributed by atoms with Crippen molar-refractivity contribution in [3.63, 3.8) is 0 Å². The van der Waals surface area contributed by atoms with Crippen LogP contribution in [0.1, 0.15) is 42.4 Å². The molecule has 8 heteroatoms. The summed E-state index contributed by atoms with van der Waals surface area (Å²) in [5.41, 5.74) is 6.59. The van der Waals surface area contributed by atoms with Crippen LogP contribution in [0.5, 0.6) is 0 Å². The number of para-hydroxylation sites is 1. The Morgan fingerprint density at radius 1 is 0.714 bits per heavy atom. The molecule has 0 aliphatic carbocycles. The summed E-state index contributed by atoms with van der Waals surface area (Å²) in [5, 5.41) is 6.07. The highest BCUT2D eigenvalue weighted by Crippen LogP contribution is 2.33. The Hall–Kier alpha value is -4.50. The summed E-state index contributed by atoms with van der Waals surface area (Å²) < 4.78 is 5.78. The molecule has 3 heterocycles. The second-order valence-corrected chi connectivity index (χ2v) is 13.7. The van der Waals surface area contributed by atoms with Crippen LogP contribution in [0.2, 0.25) is 0 Å². The van der Waals surface area contributed by atoms with Crippen molar-refractivity contribution >= 4 is 17.7 Å². The van der Waals surface area contributed by atoms with Crippen LogP contribution < -0.4 is 10.6 Å². The number of hydrogen-bond donors (Lipinski definition) is 2. The zero-order chi connectivity index (χ0) is 33.4. The van der Waals surface area contributed by atoms with E-state index in [1.807, 2.05) is 54.6 Å². The number of carbonyl (C=O) groups excluding carboxylic acids is 2. The lowest BCUT2D eigenvalue weighted by atomic mass is 10.0. The van der Waals surface area contributed by atoms with Crippen LogP contribution in [0.3, 0.4) is 0 Å². The van der Waals surface area contributed by atoms with Crippen molar-refractivity contribution in [2.24, 2.45) is 0 Å². The number of piperidine rings is 1. The summed E-state index contributed by atoms with van der Waals surface area (Å²) in [4.78, 5) is 33.1. The lowest BCUT2D eigenvalue weighted by Gasteiger charge is -2.34. The Morgan fingerprint density at radius 2 is 1.35 bits per heavy atom. The highest BCUT2D eigenvalue weighted by molar-refractivity contribution is 5.91. The molecule has 2 bridgehead atoms. The van der Waals surface area contributed by atoms with Gasteiger partial charge in [0.15, 0.2) is 0 Å². The first-order valence-electron chi connectivity index (χ1n) is 17.8. The molecule has 2 amide bonds. The van der Waals surface area contributed by atoms with Gasteiger partial charge in [-0.2, -0.15) is 0 Å². The number of amides is 2. The molecule has 0 spiro atoms. The van der Waals surface area contributed by atoms with Crippen molar-refractivity contribution in [2.45, 2.75) is 63.5 Å². The molecule has 0 saturated carbocycles. The van der Waals surface area contributed by atoms with Gasteiger partial charge in [0.05, 0.1) is 5.69 Å². The monoisotopic (exact) mass is 657 g/mol. The fourth-order valence-electron chi connectivity index (χ4n) is 7.66. The maximum absolute atomic E-state index is 12.8. The van der Waals surface area contributed by atoms with Gasteiger partial charge >= 0.3 is 6.09 Å². The standard InChI is InChI=1S/C41H47N5O3/c47-40(20-23-44-21-18-37(19-22-44)49-41(48)43-39-17-8-7-16-38(39)34-14-5-2-6-15-34)42-26-32-12-9-13-33(24-32)28-46-30-35-25-36(46)29-45(35)27-31-10-3-1-4-11-31/h1-17,24,35-37H,18-23,25-30H2,(H,42,47)(H,43,48)/t35-,36-/m1/s1. The first-order chi connectivity index (χ1) is 24.1. The predicted molar refractivity (Wildman–Crippen MR) is 194 cm³/mol. The van der Waals surface area contributed by atoms with E-state index in [1.54, 1.807) is 0 Å². The van der Waals surface area contributed by atoms with Gasteiger partial charge in [-0.05, 0) is 47.6 Å². The number of hydrogen-bond acceptors (Lipinski definition) is 6. The van der Waals surface area contributed by atoms with Gasteiger partial charge in [-0.1, -0.05) is 103 Å². The summed E-state index contributed by atoms with van der Waals surface area (Å²) in [5.74, 6) is 0.0654. The second-order valence-electron chi connectivity index (χ2n) is 13.7. The van der Waals surface area contributed by atoms with Crippen LogP contribution in [0.4, 0.5) is 10.5 Å². The molecule has 0 unspecified atom stereocenters. The highest BCUT2D eigenvalue weighted by Gasteiger charge is 2.42. The van der Waals surface area contributed by atoms with E-state index in [0.29, 0.717) is 31.6 Å². The summed E-state index contributed by atoms with van der Waals surface area (Å²) in [6, 6.07) is 38.5. The number of rotatable bonds is 12. The van der Waals surface area contributed by atoms with Crippen molar-refractivity contribution in [3.05, 3.63) is 126 Å². The molecule has 49 heavy (non-hydrogen) atoms. The molecule has 0 aromatic heterocycles. The first-order valence-corrected chi connectivity index (χ1v) is 17.8. The van der Waals surface area contributed by atoms with E-state index in [4.69, 9.17) is 4.74 Å². The fourth-order valence-corrected chi connectivity index (χ4v) is 7.66. The van der Waals surface area contributed by atoms with E-state index in [-0.39, 0.29) is 12.0 Å². The van der Waals surface area contributed by atoms with Gasteiger partial charge in [0.1, 0.15) is 6.10 Å². The Bertz CT molecular complexity index is 1690. The average molecular weight is 658 g/mol. The SMILES string of the molecule is O=C(CCN1CCC(OC(=O)Nc2ccccc2-c2ccccc2)CC1)NCc1cccc(CN2C[C@H]3C[C@@H]2CN3Cc2ccccc2)c1. The van der Waals surface area contributed by atoms with Crippen LogP contribution in [0, 0.1) is 0 Å². The molecule has 2 atom stereocenters. The van der Waals surface area contributed by atoms with E-state index in [2.05, 4.69) is 79.9 Å². The number of piperazine rings is 1. The Labute approximate surface area is 290 Å². The molecule has 3 saturated heterocycles. The van der Waals surface area contributed by atoms with E-state index in [1.165, 1.54) is 17.5 Å². The zero-order valence-corrected chi connectivity index (χ0v) is 28.2.